The van der Waals surface area contributed by atoms with Gasteiger partial charge in [-0.1, -0.05) is 0 Å². The molecule has 0 spiro atoms. The van der Waals surface area contributed by atoms with Crippen molar-refractivity contribution in [2.45, 2.75) is 0 Å². The fraction of sp³-hybridized carbons (Fsp3) is 1.00. The van der Waals surface area contributed by atoms with Crippen molar-refractivity contribution in [3.63, 3.8) is 0 Å². The standard InChI is InChI=1S/C2H8N2O.2ClH.Pt/c3-1-2-5-4;;;/h1-4H2;2*1H;/q;;;+2/p-2. The van der Waals surface area contributed by atoms with Crippen molar-refractivity contribution in [2.24, 2.45) is 11.6 Å². The molecule has 4 N–H and O–H groups in total. The van der Waals surface area contributed by atoms with Crippen LogP contribution in [0.25, 0.3) is 0 Å². The van der Waals surface area contributed by atoms with Gasteiger partial charge in [-0.05, 0) is 0 Å². The molecule has 0 atom stereocenters. The van der Waals surface area contributed by atoms with E-state index in [9.17, 15) is 0 Å². The van der Waals surface area contributed by atoms with Crippen LogP contribution in [0, 0.1) is 0 Å². The second kappa shape index (κ2) is 15.7. The van der Waals surface area contributed by atoms with Gasteiger partial charge in [-0.15, -0.1) is 0 Å². The van der Waals surface area contributed by atoms with Crippen molar-refractivity contribution < 1.29 is 21.3 Å². The molecular weight excluding hydrogens is 334 g/mol. The van der Waals surface area contributed by atoms with Crippen LogP contribution in [0.1, 0.15) is 0 Å². The third kappa shape index (κ3) is 27.3. The summed E-state index contributed by atoms with van der Waals surface area (Å²) < 4.78 is 0. The molecule has 0 radical (unpaired) electrons. The third-order valence-corrected chi connectivity index (χ3v) is 0.236. The van der Waals surface area contributed by atoms with E-state index in [-0.39, 0.29) is 0 Å². The van der Waals surface area contributed by atoms with Crippen molar-refractivity contribution in [1.82, 2.24) is 0 Å². The van der Waals surface area contributed by atoms with Crippen molar-refractivity contribution in [3.8, 4) is 0 Å². The summed E-state index contributed by atoms with van der Waals surface area (Å²) in [4.78, 5) is 4.07. The predicted octanol–water partition coefficient (Wildman–Crippen LogP) is 0.212. The molecule has 0 heterocycles. The van der Waals surface area contributed by atoms with Gasteiger partial charge in [0.05, 0.1) is 6.61 Å². The Balaban J connectivity index is 0. The Morgan fingerprint density at radius 3 is 1.88 bits per heavy atom. The Morgan fingerprint density at radius 1 is 1.50 bits per heavy atom. The van der Waals surface area contributed by atoms with Crippen LogP contribution in [0.4, 0.5) is 0 Å². The summed E-state index contributed by atoms with van der Waals surface area (Å²) in [5.74, 6) is 4.56. The fourth-order valence-electron chi connectivity index (χ4n) is 0.0680. The van der Waals surface area contributed by atoms with Gasteiger partial charge >= 0.3 is 35.3 Å². The van der Waals surface area contributed by atoms with E-state index in [2.05, 4.69) is 10.7 Å². The first-order valence-corrected chi connectivity index (χ1v) is 7.30. The molecule has 0 saturated carbocycles. The van der Waals surface area contributed by atoms with E-state index in [0.29, 0.717) is 13.2 Å². The maximum atomic E-state index is 4.93. The summed E-state index contributed by atoms with van der Waals surface area (Å²) in [6.07, 6.45) is 0. The van der Waals surface area contributed by atoms with Gasteiger partial charge in [-0.2, -0.15) is 0 Å². The van der Waals surface area contributed by atoms with Crippen LogP contribution < -0.4 is 11.6 Å². The molecule has 3 nitrogen and oxygen atoms in total. The summed E-state index contributed by atoms with van der Waals surface area (Å²) in [6, 6.07) is 0. The Labute approximate surface area is 65.0 Å². The Hall–Kier alpha value is 1.15. The second-order valence-electron chi connectivity index (χ2n) is 0.705. The summed E-state index contributed by atoms with van der Waals surface area (Å²) in [6.45, 7) is 0.941. The van der Waals surface area contributed by atoms with Gasteiger partial charge in [0.2, 0.25) is 0 Å². The normalized spacial score (nSPS) is 8.00. The first-order valence-electron chi connectivity index (χ1n) is 1.67. The second-order valence-corrected chi connectivity index (χ2v) is 3.99. The van der Waals surface area contributed by atoms with Gasteiger partial charge in [-0.25, -0.2) is 5.90 Å². The van der Waals surface area contributed by atoms with Crippen LogP contribution in [-0.2, 0) is 21.3 Å². The molecule has 0 aliphatic rings. The molecule has 8 heavy (non-hydrogen) atoms. The van der Waals surface area contributed by atoms with E-state index >= 15 is 0 Å². The van der Waals surface area contributed by atoms with Crippen molar-refractivity contribution in [2.75, 3.05) is 13.2 Å². The molecule has 0 rings (SSSR count). The van der Waals surface area contributed by atoms with Crippen molar-refractivity contribution in [1.29, 1.82) is 0 Å². The molecule has 0 saturated heterocycles. The number of rotatable bonds is 2. The number of hydrogen-bond acceptors (Lipinski definition) is 3. The van der Waals surface area contributed by atoms with E-state index in [1.165, 1.54) is 0 Å². The van der Waals surface area contributed by atoms with E-state index < -0.39 is 16.5 Å². The van der Waals surface area contributed by atoms with Crippen LogP contribution >= 0.6 is 18.8 Å². The zero-order valence-electron chi connectivity index (χ0n) is 4.05. The summed E-state index contributed by atoms with van der Waals surface area (Å²) in [5, 5.41) is 0. The summed E-state index contributed by atoms with van der Waals surface area (Å²) >= 11 is -0.472. The predicted molar refractivity (Wildman–Crippen MR) is 30.9 cm³/mol. The average Bonchev–Trinajstić information content (AvgIpc) is 1.71. The van der Waals surface area contributed by atoms with Crippen LogP contribution in [0.3, 0.4) is 0 Å². The minimum absolute atomic E-state index is 0.444. The Kier molecular flexibility index (Phi) is 23.3. The zero-order chi connectivity index (χ0) is 6.83. The van der Waals surface area contributed by atoms with Crippen molar-refractivity contribution >= 4 is 18.8 Å². The summed E-state index contributed by atoms with van der Waals surface area (Å²) in [5.41, 5.74) is 4.93. The van der Waals surface area contributed by atoms with Gasteiger partial charge in [0.25, 0.3) is 0 Å². The first-order chi connectivity index (χ1) is 3.83. The minimum atomic E-state index is -0.472. The topological polar surface area (TPSA) is 61.3 Å². The van der Waals surface area contributed by atoms with Gasteiger partial charge in [0.1, 0.15) is 0 Å². The molecule has 0 amide bonds. The van der Waals surface area contributed by atoms with Crippen LogP contribution in [-0.4, -0.2) is 13.2 Å². The zero-order valence-corrected chi connectivity index (χ0v) is 7.83. The number of halogens is 2. The molecule has 56 valence electrons. The van der Waals surface area contributed by atoms with Gasteiger partial charge < -0.3 is 10.6 Å². The van der Waals surface area contributed by atoms with Crippen LogP contribution in [0.2, 0.25) is 0 Å². The summed E-state index contributed by atoms with van der Waals surface area (Å²) in [7, 11) is 9.75. The fourth-order valence-corrected chi connectivity index (χ4v) is 0.0680. The Bertz CT molecular complexity index is 32.0. The van der Waals surface area contributed by atoms with Gasteiger partial charge in [0.15, 0.2) is 0 Å². The molecule has 0 aromatic carbocycles. The van der Waals surface area contributed by atoms with E-state index in [1.807, 2.05) is 0 Å². The van der Waals surface area contributed by atoms with Crippen LogP contribution in [0.15, 0.2) is 0 Å². The monoisotopic (exact) mass is 341 g/mol. The molecule has 0 aromatic heterocycles. The first kappa shape index (κ1) is 11.9. The molecule has 0 bridgehead atoms. The molecule has 0 aliphatic carbocycles. The Morgan fingerprint density at radius 2 is 1.88 bits per heavy atom. The van der Waals surface area contributed by atoms with Gasteiger partial charge in [-0.3, -0.25) is 0 Å². The number of nitrogens with two attached hydrogens (primary N) is 2. The number of hydrogen-bond donors (Lipinski definition) is 2. The quantitative estimate of drug-likeness (QED) is 0.706. The SMILES string of the molecule is NCCON.[Cl][Pt][Cl]. The van der Waals surface area contributed by atoms with Crippen molar-refractivity contribution in [3.05, 3.63) is 0 Å². The van der Waals surface area contributed by atoms with Gasteiger partial charge in [0, 0.05) is 6.54 Å². The molecule has 0 unspecified atom stereocenters. The third-order valence-electron chi connectivity index (χ3n) is 0.236. The molecule has 0 aromatic rings. The van der Waals surface area contributed by atoms with E-state index in [1.54, 1.807) is 0 Å². The maximum absolute atomic E-state index is 4.93. The molecule has 0 aliphatic heterocycles. The van der Waals surface area contributed by atoms with Crippen LogP contribution in [0.5, 0.6) is 0 Å². The van der Waals surface area contributed by atoms with E-state index in [0.717, 1.165) is 0 Å². The molecular formula is C2H8Cl2N2OPt. The molecule has 6 heteroatoms. The average molecular weight is 342 g/mol. The molecule has 0 fully saturated rings. The van der Waals surface area contributed by atoms with E-state index in [4.69, 9.17) is 24.6 Å².